The number of nitrogen functional groups attached to an aromatic ring is 1. The van der Waals surface area contributed by atoms with Crippen LogP contribution < -0.4 is 17.0 Å². The van der Waals surface area contributed by atoms with Crippen molar-refractivity contribution < 1.29 is 9.59 Å². The molecule has 182 valence electrons. The van der Waals surface area contributed by atoms with Gasteiger partial charge >= 0.3 is 5.69 Å². The maximum atomic E-state index is 12.6. The van der Waals surface area contributed by atoms with Gasteiger partial charge in [0.05, 0.1) is 11.9 Å². The minimum absolute atomic E-state index is 0.232. The molecule has 0 bridgehead atoms. The van der Waals surface area contributed by atoms with Crippen molar-refractivity contribution in [2.45, 2.75) is 0 Å². The Bertz CT molecular complexity index is 1610. The summed E-state index contributed by atoms with van der Waals surface area (Å²) in [5.74, 6) is -0.498. The van der Waals surface area contributed by atoms with Crippen LogP contribution in [0.25, 0.3) is 21.9 Å². The average molecular weight is 478 g/mol. The molecule has 4 aromatic rings. The molecule has 35 heavy (non-hydrogen) atoms. The van der Waals surface area contributed by atoms with E-state index < -0.39 is 0 Å². The first-order valence-corrected chi connectivity index (χ1v) is 10.9. The summed E-state index contributed by atoms with van der Waals surface area (Å²) in [6, 6.07) is 8.90. The van der Waals surface area contributed by atoms with Crippen LogP contribution in [0.2, 0.25) is 0 Å². The molecule has 2 aromatic carbocycles. The van der Waals surface area contributed by atoms with Crippen LogP contribution >= 0.6 is 0 Å². The van der Waals surface area contributed by atoms with Gasteiger partial charge in [0.15, 0.2) is 11.2 Å². The summed E-state index contributed by atoms with van der Waals surface area (Å²) >= 11 is 0. The molecule has 2 N–H and O–H groups in total. The molecule has 5 rings (SSSR count). The number of hydrogen-bond acceptors (Lipinski definition) is 7. The van der Waals surface area contributed by atoms with Gasteiger partial charge in [-0.25, -0.2) is 9.78 Å². The average Bonchev–Trinajstić information content (AvgIpc) is 3.21. The second-order valence-electron chi connectivity index (χ2n) is 8.77. The fraction of sp³-hybridized carbons (Fsp3) is 0.292. The SMILES string of the molecule is CN(C)CCN1C(=O)c2cccc3cc(N)cc(c23)C1=O.Cn1c(=O)c2c(ncn2C)n(C)c1=O. The minimum Gasteiger partial charge on any atom is -0.399 e. The maximum absolute atomic E-state index is 12.6. The van der Waals surface area contributed by atoms with Crippen LogP contribution in [-0.2, 0) is 21.1 Å². The Morgan fingerprint density at radius 2 is 1.63 bits per heavy atom. The second kappa shape index (κ2) is 8.84. The number of likely N-dealkylation sites (N-methyl/N-ethyl adjacent to an activating group) is 1. The normalized spacial score (nSPS) is 13.0. The van der Waals surface area contributed by atoms with Gasteiger partial charge in [-0.05, 0) is 37.7 Å². The molecule has 11 heteroatoms. The molecule has 0 spiro atoms. The van der Waals surface area contributed by atoms with Gasteiger partial charge < -0.3 is 15.2 Å². The first-order chi connectivity index (χ1) is 16.5. The third-order valence-corrected chi connectivity index (χ3v) is 6.04. The number of carbonyl (C=O) groups is 2. The number of imidazole rings is 1. The lowest BCUT2D eigenvalue weighted by Gasteiger charge is -2.28. The summed E-state index contributed by atoms with van der Waals surface area (Å²) < 4.78 is 4.04. The van der Waals surface area contributed by atoms with Gasteiger partial charge in [0.25, 0.3) is 17.4 Å². The Hall–Kier alpha value is -4.25. The summed E-state index contributed by atoms with van der Waals surface area (Å²) in [6.45, 7) is 1.00. The molecule has 0 saturated carbocycles. The number of nitrogens with zero attached hydrogens (tertiary/aromatic N) is 6. The van der Waals surface area contributed by atoms with Gasteiger partial charge in [0, 0.05) is 50.9 Å². The van der Waals surface area contributed by atoms with Gasteiger partial charge in [-0.3, -0.25) is 28.4 Å². The van der Waals surface area contributed by atoms with Crippen molar-refractivity contribution in [3.8, 4) is 0 Å². The molecule has 1 aliphatic rings. The van der Waals surface area contributed by atoms with Crippen LogP contribution in [0.15, 0.2) is 46.2 Å². The minimum atomic E-state index is -0.360. The Morgan fingerprint density at radius 1 is 0.943 bits per heavy atom. The monoisotopic (exact) mass is 477 g/mol. The predicted molar refractivity (Wildman–Crippen MR) is 133 cm³/mol. The van der Waals surface area contributed by atoms with Gasteiger partial charge in [-0.15, -0.1) is 0 Å². The highest BCUT2D eigenvalue weighted by atomic mass is 16.2. The van der Waals surface area contributed by atoms with Crippen LogP contribution in [0.5, 0.6) is 0 Å². The quantitative estimate of drug-likeness (QED) is 0.337. The highest BCUT2D eigenvalue weighted by Crippen LogP contribution is 2.31. The van der Waals surface area contributed by atoms with Crippen molar-refractivity contribution in [3.05, 3.63) is 68.6 Å². The zero-order valence-electron chi connectivity index (χ0n) is 20.3. The molecule has 0 saturated heterocycles. The molecule has 1 aliphatic heterocycles. The summed E-state index contributed by atoms with van der Waals surface area (Å²) in [5.41, 5.74) is 7.67. The fourth-order valence-corrected chi connectivity index (χ4v) is 4.16. The Balaban J connectivity index is 0.000000179. The zero-order chi connectivity index (χ0) is 25.6. The van der Waals surface area contributed by atoms with E-state index in [0.717, 1.165) is 9.95 Å². The van der Waals surface area contributed by atoms with Crippen molar-refractivity contribution in [1.29, 1.82) is 0 Å². The number of imide groups is 1. The second-order valence-corrected chi connectivity index (χ2v) is 8.77. The van der Waals surface area contributed by atoms with E-state index in [0.29, 0.717) is 46.5 Å². The van der Waals surface area contributed by atoms with E-state index in [1.807, 2.05) is 31.1 Å². The van der Waals surface area contributed by atoms with E-state index in [-0.39, 0.29) is 23.1 Å². The Kier molecular flexibility index (Phi) is 6.03. The van der Waals surface area contributed by atoms with Crippen molar-refractivity contribution >= 4 is 39.4 Å². The highest BCUT2D eigenvalue weighted by molar-refractivity contribution is 6.25. The van der Waals surface area contributed by atoms with E-state index in [9.17, 15) is 19.2 Å². The third-order valence-electron chi connectivity index (χ3n) is 6.04. The first-order valence-electron chi connectivity index (χ1n) is 10.9. The Labute approximate surface area is 200 Å². The molecule has 2 amide bonds. The molecular weight excluding hydrogens is 450 g/mol. The smallest absolute Gasteiger partial charge is 0.332 e. The van der Waals surface area contributed by atoms with Crippen LogP contribution in [0.4, 0.5) is 5.69 Å². The van der Waals surface area contributed by atoms with Crippen LogP contribution in [0, 0.1) is 0 Å². The van der Waals surface area contributed by atoms with Crippen molar-refractivity contribution in [3.63, 3.8) is 0 Å². The summed E-state index contributed by atoms with van der Waals surface area (Å²) in [4.78, 5) is 55.6. The van der Waals surface area contributed by atoms with E-state index in [4.69, 9.17) is 5.73 Å². The lowest BCUT2D eigenvalue weighted by Crippen LogP contribution is -2.43. The number of nitrogens with two attached hydrogens (primary N) is 1. The van der Waals surface area contributed by atoms with Gasteiger partial charge in [0.2, 0.25) is 0 Å². The van der Waals surface area contributed by atoms with E-state index >= 15 is 0 Å². The first kappa shape index (κ1) is 23.9. The van der Waals surface area contributed by atoms with Crippen LogP contribution in [-0.4, -0.2) is 67.5 Å². The topological polar surface area (TPSA) is 128 Å². The molecular formula is C24H27N7O4. The lowest BCUT2D eigenvalue weighted by molar-refractivity contribution is 0.0601. The summed E-state index contributed by atoms with van der Waals surface area (Å²) in [7, 11) is 8.59. The molecule has 0 aliphatic carbocycles. The van der Waals surface area contributed by atoms with Gasteiger partial charge in [-0.1, -0.05) is 12.1 Å². The fourth-order valence-electron chi connectivity index (χ4n) is 4.16. The third kappa shape index (κ3) is 3.99. The maximum Gasteiger partial charge on any atom is 0.332 e. The largest absolute Gasteiger partial charge is 0.399 e. The number of hydrogen-bond donors (Lipinski definition) is 1. The van der Waals surface area contributed by atoms with Gasteiger partial charge in [-0.2, -0.15) is 0 Å². The number of benzene rings is 2. The van der Waals surface area contributed by atoms with Gasteiger partial charge in [0.1, 0.15) is 0 Å². The van der Waals surface area contributed by atoms with Crippen LogP contribution in [0.1, 0.15) is 20.7 Å². The highest BCUT2D eigenvalue weighted by Gasteiger charge is 2.32. The van der Waals surface area contributed by atoms with E-state index in [2.05, 4.69) is 4.98 Å². The van der Waals surface area contributed by atoms with Crippen molar-refractivity contribution in [1.82, 2.24) is 28.5 Å². The molecule has 0 fully saturated rings. The molecule has 2 aromatic heterocycles. The lowest BCUT2D eigenvalue weighted by atomic mass is 9.93. The molecule has 3 heterocycles. The molecule has 0 atom stereocenters. The van der Waals surface area contributed by atoms with E-state index in [1.165, 1.54) is 22.8 Å². The summed E-state index contributed by atoms with van der Waals surface area (Å²) in [6.07, 6.45) is 1.52. The van der Waals surface area contributed by atoms with Crippen molar-refractivity contribution in [2.75, 3.05) is 32.9 Å². The van der Waals surface area contributed by atoms with Crippen LogP contribution in [0.3, 0.4) is 0 Å². The number of carbonyl (C=O) groups excluding carboxylic acids is 2. The number of amides is 2. The number of rotatable bonds is 3. The zero-order valence-corrected chi connectivity index (χ0v) is 20.3. The standard InChI is InChI=1S/C16H17N3O2.C8H10N4O2/c1-18(2)6-7-19-15(20)12-5-3-4-10-8-11(17)9-13(14(10)12)16(19)21;1-10-4-9-6-5(10)7(13)12(3)8(14)11(6)2/h3-5,8-9H,6-7,17H2,1-2H3;4H,1-3H3. The van der Waals surface area contributed by atoms with Crippen molar-refractivity contribution in [2.24, 2.45) is 21.1 Å². The molecule has 11 nitrogen and oxygen atoms in total. The molecule has 0 unspecified atom stereocenters. The molecule has 0 radical (unpaired) electrons. The predicted octanol–water partition coefficient (Wildman–Crippen LogP) is 0.550. The summed E-state index contributed by atoms with van der Waals surface area (Å²) in [5, 5.41) is 1.54. The number of fused-ring (bicyclic) bond motifs is 1. The van der Waals surface area contributed by atoms with E-state index in [1.54, 1.807) is 36.9 Å². The Morgan fingerprint density at radius 3 is 2.31 bits per heavy atom. The number of aromatic nitrogens is 4. The number of aryl methyl sites for hydroxylation is 2. The number of anilines is 1.